The summed E-state index contributed by atoms with van der Waals surface area (Å²) in [7, 11) is 2.36. The van der Waals surface area contributed by atoms with Crippen molar-refractivity contribution in [1.29, 1.82) is 0 Å². The molecule has 0 bridgehead atoms. The van der Waals surface area contributed by atoms with Gasteiger partial charge < -0.3 is 10.6 Å². The third-order valence-electron chi connectivity index (χ3n) is 7.90. The Labute approximate surface area is 197 Å². The van der Waals surface area contributed by atoms with Gasteiger partial charge in [-0.15, -0.1) is 0 Å². The zero-order valence-corrected chi connectivity index (χ0v) is 22.5. The van der Waals surface area contributed by atoms with Crippen LogP contribution in [0.3, 0.4) is 0 Å². The summed E-state index contributed by atoms with van der Waals surface area (Å²) in [5, 5.41) is 0. The van der Waals surface area contributed by atoms with Crippen LogP contribution in [-0.2, 0) is 0 Å². The molecule has 1 aliphatic rings. The average Bonchev–Trinajstić information content (AvgIpc) is 2.72. The van der Waals surface area contributed by atoms with E-state index >= 15 is 0 Å². The van der Waals surface area contributed by atoms with E-state index in [0.29, 0.717) is 16.9 Å². The smallest absolute Gasteiger partial charge is 0.0103 e. The Morgan fingerprint density at radius 1 is 0.677 bits per heavy atom. The summed E-state index contributed by atoms with van der Waals surface area (Å²) in [5.74, 6) is 0. The highest BCUT2D eigenvalue weighted by molar-refractivity contribution is 4.95. The maximum absolute atomic E-state index is 6.14. The van der Waals surface area contributed by atoms with Crippen LogP contribution in [0, 0.1) is 10.8 Å². The summed E-state index contributed by atoms with van der Waals surface area (Å²) < 4.78 is 0. The molecule has 0 aromatic rings. The quantitative estimate of drug-likeness (QED) is 0.205. The van der Waals surface area contributed by atoms with E-state index in [9.17, 15) is 0 Å². The van der Waals surface area contributed by atoms with Crippen molar-refractivity contribution in [2.45, 2.75) is 156 Å². The van der Waals surface area contributed by atoms with Crippen LogP contribution in [-0.4, -0.2) is 31.1 Å². The number of rotatable bonds is 19. The molecule has 31 heavy (non-hydrogen) atoms. The maximum Gasteiger partial charge on any atom is 0.0103 e. The fourth-order valence-corrected chi connectivity index (χ4v) is 6.14. The van der Waals surface area contributed by atoms with E-state index in [0.717, 1.165) is 6.54 Å². The van der Waals surface area contributed by atoms with Crippen molar-refractivity contribution in [2.75, 3.05) is 20.1 Å². The summed E-state index contributed by atoms with van der Waals surface area (Å²) in [5.41, 5.74) is 6.90. The molecule has 1 rings (SSSR count). The molecule has 0 saturated heterocycles. The third kappa shape index (κ3) is 13.9. The van der Waals surface area contributed by atoms with Gasteiger partial charge >= 0.3 is 0 Å². The molecular formula is C29H60N2. The van der Waals surface area contributed by atoms with Gasteiger partial charge in [-0.05, 0) is 56.7 Å². The third-order valence-corrected chi connectivity index (χ3v) is 7.90. The molecule has 0 aliphatic heterocycles. The molecule has 1 aliphatic carbocycles. The van der Waals surface area contributed by atoms with Crippen LogP contribution in [0.1, 0.15) is 150 Å². The second-order valence-corrected chi connectivity index (χ2v) is 12.2. The molecule has 1 saturated carbocycles. The van der Waals surface area contributed by atoms with Gasteiger partial charge in [-0.1, -0.05) is 124 Å². The van der Waals surface area contributed by atoms with Gasteiger partial charge in [0.1, 0.15) is 0 Å². The fraction of sp³-hybridized carbons (Fsp3) is 1.00. The van der Waals surface area contributed by atoms with Crippen LogP contribution >= 0.6 is 0 Å². The van der Waals surface area contributed by atoms with Crippen molar-refractivity contribution < 1.29 is 0 Å². The van der Waals surface area contributed by atoms with Crippen LogP contribution < -0.4 is 5.73 Å². The zero-order chi connectivity index (χ0) is 23.0. The molecule has 2 nitrogen and oxygen atoms in total. The number of hydrogen-bond donors (Lipinski definition) is 1. The van der Waals surface area contributed by atoms with Gasteiger partial charge in [0.15, 0.2) is 0 Å². The van der Waals surface area contributed by atoms with E-state index in [1.165, 1.54) is 129 Å². The highest BCUT2D eigenvalue weighted by Crippen LogP contribution is 2.46. The Bertz CT molecular complexity index is 419. The summed E-state index contributed by atoms with van der Waals surface area (Å²) >= 11 is 0. The minimum atomic E-state index is 0.329. The highest BCUT2D eigenvalue weighted by Gasteiger charge is 2.41. The van der Waals surface area contributed by atoms with Crippen LogP contribution in [0.2, 0.25) is 0 Å². The van der Waals surface area contributed by atoms with Gasteiger partial charge in [-0.3, -0.25) is 0 Å². The first-order valence-electron chi connectivity index (χ1n) is 14.2. The summed E-state index contributed by atoms with van der Waals surface area (Å²) in [6, 6.07) is 0.716. The van der Waals surface area contributed by atoms with E-state index < -0.39 is 0 Å². The Kier molecular flexibility index (Phi) is 15.4. The normalized spacial score (nSPS) is 23.5. The molecule has 2 atom stereocenters. The van der Waals surface area contributed by atoms with Crippen molar-refractivity contribution >= 4 is 0 Å². The lowest BCUT2D eigenvalue weighted by molar-refractivity contribution is 0.0294. The van der Waals surface area contributed by atoms with Crippen molar-refractivity contribution in [3.8, 4) is 0 Å². The van der Waals surface area contributed by atoms with Gasteiger partial charge in [0.05, 0.1) is 0 Å². The van der Waals surface area contributed by atoms with Crippen molar-refractivity contribution in [3.63, 3.8) is 0 Å². The summed E-state index contributed by atoms with van der Waals surface area (Å²) in [6.45, 7) is 11.7. The van der Waals surface area contributed by atoms with Gasteiger partial charge in [0.25, 0.3) is 0 Å². The van der Waals surface area contributed by atoms with E-state index in [1.807, 2.05) is 0 Å². The Hall–Kier alpha value is -0.0800. The predicted molar refractivity (Wildman–Crippen MR) is 141 cm³/mol. The molecule has 2 unspecified atom stereocenters. The Morgan fingerprint density at radius 2 is 1.10 bits per heavy atom. The second-order valence-electron chi connectivity index (χ2n) is 12.2. The van der Waals surface area contributed by atoms with E-state index in [2.05, 4.69) is 39.6 Å². The first-order chi connectivity index (χ1) is 14.8. The van der Waals surface area contributed by atoms with Gasteiger partial charge in [-0.25, -0.2) is 0 Å². The first-order valence-corrected chi connectivity index (χ1v) is 14.2. The summed E-state index contributed by atoms with van der Waals surface area (Å²) in [6.07, 6.45) is 27.0. The van der Waals surface area contributed by atoms with E-state index in [-0.39, 0.29) is 0 Å². The van der Waals surface area contributed by atoms with Crippen LogP contribution in [0.5, 0.6) is 0 Å². The highest BCUT2D eigenvalue weighted by atomic mass is 15.1. The van der Waals surface area contributed by atoms with Crippen LogP contribution in [0.25, 0.3) is 0 Å². The Balaban J connectivity index is 1.94. The largest absolute Gasteiger partial charge is 0.330 e. The molecule has 0 heterocycles. The monoisotopic (exact) mass is 436 g/mol. The van der Waals surface area contributed by atoms with Gasteiger partial charge in [-0.2, -0.15) is 0 Å². The minimum absolute atomic E-state index is 0.329. The molecule has 0 amide bonds. The predicted octanol–water partition coefficient (Wildman–Crippen LogP) is 8.72. The van der Waals surface area contributed by atoms with Crippen molar-refractivity contribution in [2.24, 2.45) is 16.6 Å². The molecule has 0 radical (unpaired) electrons. The lowest BCUT2D eigenvalue weighted by Gasteiger charge is -2.49. The number of nitrogens with two attached hydrogens (primary N) is 1. The topological polar surface area (TPSA) is 29.3 Å². The van der Waals surface area contributed by atoms with Crippen molar-refractivity contribution in [3.05, 3.63) is 0 Å². The maximum atomic E-state index is 6.14. The molecule has 0 aromatic carbocycles. The molecule has 2 heteroatoms. The lowest BCUT2D eigenvalue weighted by Crippen LogP contribution is -2.48. The minimum Gasteiger partial charge on any atom is -0.330 e. The van der Waals surface area contributed by atoms with Crippen molar-refractivity contribution in [1.82, 2.24) is 4.90 Å². The van der Waals surface area contributed by atoms with E-state index in [4.69, 9.17) is 5.73 Å². The van der Waals surface area contributed by atoms with Gasteiger partial charge in [0, 0.05) is 6.04 Å². The Morgan fingerprint density at radius 3 is 1.52 bits per heavy atom. The number of hydrogen-bond acceptors (Lipinski definition) is 2. The standard InChI is InChI=1S/C29H60N2/c1-6-7-8-9-10-11-12-13-14-15-16-17-18-19-20-21-22-31(5)27-23-28(2,3)25-29(4,24-27)26-30/h27H,6-26,30H2,1-5H3. The average molecular weight is 437 g/mol. The lowest BCUT2D eigenvalue weighted by atomic mass is 9.62. The number of unbranched alkanes of at least 4 members (excludes halogenated alkanes) is 15. The van der Waals surface area contributed by atoms with E-state index in [1.54, 1.807) is 0 Å². The van der Waals surface area contributed by atoms with Gasteiger partial charge in [0.2, 0.25) is 0 Å². The summed E-state index contributed by atoms with van der Waals surface area (Å²) in [4.78, 5) is 2.65. The number of nitrogens with zero attached hydrogens (tertiary/aromatic N) is 1. The fourth-order valence-electron chi connectivity index (χ4n) is 6.14. The van der Waals surface area contributed by atoms with Crippen LogP contribution in [0.15, 0.2) is 0 Å². The molecule has 0 spiro atoms. The SMILES string of the molecule is CCCCCCCCCCCCCCCCCCN(C)C1CC(C)(C)CC(C)(CN)C1. The molecule has 1 fully saturated rings. The zero-order valence-electron chi connectivity index (χ0n) is 22.5. The first kappa shape index (κ1) is 29.0. The van der Waals surface area contributed by atoms with Crippen LogP contribution in [0.4, 0.5) is 0 Å². The molecule has 2 N–H and O–H groups in total. The molecule has 186 valence electrons. The second kappa shape index (κ2) is 16.5. The molecule has 0 aromatic heterocycles. The molecular weight excluding hydrogens is 376 g/mol.